The van der Waals surface area contributed by atoms with E-state index in [4.69, 9.17) is 0 Å². The van der Waals surface area contributed by atoms with E-state index in [2.05, 4.69) is 35.1 Å². The van der Waals surface area contributed by atoms with Crippen molar-refractivity contribution in [3.8, 4) is 0 Å². The summed E-state index contributed by atoms with van der Waals surface area (Å²) in [5.41, 5.74) is 0.118. The third-order valence-electron chi connectivity index (χ3n) is 2.76. The lowest BCUT2D eigenvalue weighted by Gasteiger charge is -2.09. The van der Waals surface area contributed by atoms with Gasteiger partial charge in [-0.1, -0.05) is 26.7 Å². The van der Waals surface area contributed by atoms with Crippen molar-refractivity contribution in [1.29, 1.82) is 0 Å². The van der Waals surface area contributed by atoms with Crippen LogP contribution in [0.1, 0.15) is 33.1 Å². The van der Waals surface area contributed by atoms with Crippen LogP contribution in [0, 0.1) is 21.8 Å². The van der Waals surface area contributed by atoms with E-state index in [9.17, 15) is 14.5 Å². The minimum absolute atomic E-state index is 0.225. The fraction of sp³-hybridized carbons (Fsp3) is 0.538. The highest BCUT2D eigenvalue weighted by Gasteiger charge is 2.17. The lowest BCUT2D eigenvalue weighted by atomic mass is 10.1. The third kappa shape index (κ3) is 5.14. The third-order valence-corrected chi connectivity index (χ3v) is 3.37. The Morgan fingerprint density at radius 3 is 2.68 bits per heavy atom. The van der Waals surface area contributed by atoms with E-state index < -0.39 is 10.7 Å². The van der Waals surface area contributed by atoms with Crippen LogP contribution in [0.15, 0.2) is 16.6 Å². The molecule has 0 aromatic heterocycles. The lowest BCUT2D eigenvalue weighted by molar-refractivity contribution is -0.384. The van der Waals surface area contributed by atoms with Crippen LogP contribution in [0.25, 0.3) is 0 Å². The molecule has 1 aromatic carbocycles. The van der Waals surface area contributed by atoms with Gasteiger partial charge in [0.1, 0.15) is 11.5 Å². The summed E-state index contributed by atoms with van der Waals surface area (Å²) >= 11 is 3.03. The first-order chi connectivity index (χ1) is 8.91. The second kappa shape index (κ2) is 7.43. The zero-order valence-electron chi connectivity index (χ0n) is 11.1. The Morgan fingerprint density at radius 2 is 2.11 bits per heavy atom. The first-order valence-electron chi connectivity index (χ1n) is 6.29. The van der Waals surface area contributed by atoms with E-state index in [1.165, 1.54) is 6.07 Å². The highest BCUT2D eigenvalue weighted by molar-refractivity contribution is 9.10. The van der Waals surface area contributed by atoms with Gasteiger partial charge >= 0.3 is 0 Å². The molecule has 6 heteroatoms. The molecule has 0 aliphatic heterocycles. The van der Waals surface area contributed by atoms with E-state index in [-0.39, 0.29) is 10.2 Å². The van der Waals surface area contributed by atoms with Crippen LogP contribution in [0.4, 0.5) is 15.8 Å². The number of nitro groups is 1. The summed E-state index contributed by atoms with van der Waals surface area (Å²) in [6.07, 6.45) is 3.14. The Labute approximate surface area is 120 Å². The van der Waals surface area contributed by atoms with Gasteiger partial charge in [0, 0.05) is 6.54 Å². The van der Waals surface area contributed by atoms with Crippen molar-refractivity contribution in [1.82, 2.24) is 0 Å². The number of unbranched alkanes of at least 4 members (excludes halogenated alkanes) is 1. The molecule has 0 radical (unpaired) electrons. The minimum atomic E-state index is -0.628. The molecule has 0 spiro atoms. The number of rotatable bonds is 7. The van der Waals surface area contributed by atoms with Crippen molar-refractivity contribution < 1.29 is 9.31 Å². The van der Waals surface area contributed by atoms with Gasteiger partial charge in [-0.25, -0.2) is 4.39 Å². The van der Waals surface area contributed by atoms with Crippen LogP contribution in [-0.2, 0) is 0 Å². The van der Waals surface area contributed by atoms with Gasteiger partial charge in [-0.3, -0.25) is 10.1 Å². The van der Waals surface area contributed by atoms with Gasteiger partial charge < -0.3 is 5.32 Å². The fourth-order valence-electron chi connectivity index (χ4n) is 1.73. The highest BCUT2D eigenvalue weighted by Crippen LogP contribution is 2.30. The van der Waals surface area contributed by atoms with Gasteiger partial charge in [-0.15, -0.1) is 0 Å². The van der Waals surface area contributed by atoms with Crippen LogP contribution in [0.5, 0.6) is 0 Å². The van der Waals surface area contributed by atoms with E-state index >= 15 is 0 Å². The quantitative estimate of drug-likeness (QED) is 0.446. The van der Waals surface area contributed by atoms with Gasteiger partial charge in [0.05, 0.1) is 15.5 Å². The van der Waals surface area contributed by atoms with Crippen LogP contribution < -0.4 is 5.32 Å². The smallest absolute Gasteiger partial charge is 0.295 e. The van der Waals surface area contributed by atoms with E-state index in [0.29, 0.717) is 18.2 Å². The van der Waals surface area contributed by atoms with Crippen molar-refractivity contribution in [3.05, 3.63) is 32.5 Å². The van der Waals surface area contributed by atoms with Crippen LogP contribution >= 0.6 is 15.9 Å². The Bertz CT molecular complexity index is 453. The molecule has 4 nitrogen and oxygen atoms in total. The monoisotopic (exact) mass is 332 g/mol. The number of benzene rings is 1. The van der Waals surface area contributed by atoms with Gasteiger partial charge in [0.2, 0.25) is 0 Å². The molecular weight excluding hydrogens is 315 g/mol. The maximum Gasteiger partial charge on any atom is 0.295 e. The molecule has 106 valence electrons. The summed E-state index contributed by atoms with van der Waals surface area (Å²) in [5, 5.41) is 13.8. The van der Waals surface area contributed by atoms with E-state index in [0.717, 1.165) is 25.3 Å². The normalized spacial score (nSPS) is 10.8. The first-order valence-corrected chi connectivity index (χ1v) is 7.08. The summed E-state index contributed by atoms with van der Waals surface area (Å²) in [7, 11) is 0. The van der Waals surface area contributed by atoms with Gasteiger partial charge in [0.15, 0.2) is 0 Å². The predicted octanol–water partition coefficient (Wildman–Crippen LogP) is 4.73. The van der Waals surface area contributed by atoms with Crippen molar-refractivity contribution in [3.63, 3.8) is 0 Å². The Hall–Kier alpha value is -1.17. The van der Waals surface area contributed by atoms with Crippen molar-refractivity contribution >= 4 is 27.3 Å². The Kier molecular flexibility index (Phi) is 6.21. The maximum atomic E-state index is 13.3. The summed E-state index contributed by atoms with van der Waals surface area (Å²) < 4.78 is 13.5. The zero-order chi connectivity index (χ0) is 14.4. The standard InChI is InChI=1S/C13H18BrFN2O2/c1-9(2)5-3-4-6-16-12-7-10(14)11(15)8-13(12)17(18)19/h7-9,16H,3-6H2,1-2H3. The molecule has 0 fully saturated rings. The topological polar surface area (TPSA) is 55.2 Å². The summed E-state index contributed by atoms with van der Waals surface area (Å²) in [4.78, 5) is 10.3. The van der Waals surface area contributed by atoms with Gasteiger partial charge in [0.25, 0.3) is 5.69 Å². The predicted molar refractivity (Wildman–Crippen MR) is 77.9 cm³/mol. The number of nitro benzene ring substituents is 1. The Balaban J connectivity index is 2.62. The molecule has 0 amide bonds. The Morgan fingerprint density at radius 1 is 1.42 bits per heavy atom. The molecule has 1 aromatic rings. The SMILES string of the molecule is CC(C)CCCCNc1cc(Br)c(F)cc1[N+](=O)[O-]. The van der Waals surface area contributed by atoms with E-state index in [1.807, 2.05) is 0 Å². The maximum absolute atomic E-state index is 13.3. The number of nitrogens with one attached hydrogen (secondary N) is 1. The molecular formula is C13H18BrFN2O2. The second-order valence-electron chi connectivity index (χ2n) is 4.86. The van der Waals surface area contributed by atoms with Crippen LogP contribution in [0.2, 0.25) is 0 Å². The molecule has 1 rings (SSSR count). The number of hydrogen-bond donors (Lipinski definition) is 1. The summed E-state index contributed by atoms with van der Waals surface area (Å²) in [6.45, 7) is 4.97. The van der Waals surface area contributed by atoms with Crippen LogP contribution in [-0.4, -0.2) is 11.5 Å². The molecule has 0 unspecified atom stereocenters. The van der Waals surface area contributed by atoms with Gasteiger partial charge in [-0.2, -0.15) is 0 Å². The molecule has 0 atom stereocenters. The summed E-state index contributed by atoms with van der Waals surface area (Å²) in [5.74, 6) is 0.0337. The van der Waals surface area contributed by atoms with Crippen molar-refractivity contribution in [2.75, 3.05) is 11.9 Å². The highest BCUT2D eigenvalue weighted by atomic mass is 79.9. The minimum Gasteiger partial charge on any atom is -0.379 e. The molecule has 0 aliphatic rings. The van der Waals surface area contributed by atoms with Crippen molar-refractivity contribution in [2.24, 2.45) is 5.92 Å². The largest absolute Gasteiger partial charge is 0.379 e. The second-order valence-corrected chi connectivity index (χ2v) is 5.71. The van der Waals surface area contributed by atoms with Gasteiger partial charge in [-0.05, 0) is 34.3 Å². The van der Waals surface area contributed by atoms with E-state index in [1.54, 1.807) is 0 Å². The molecule has 0 aliphatic carbocycles. The summed E-state index contributed by atoms with van der Waals surface area (Å²) in [6, 6.07) is 2.34. The molecule has 0 saturated carbocycles. The molecule has 0 saturated heterocycles. The average molecular weight is 333 g/mol. The molecule has 19 heavy (non-hydrogen) atoms. The average Bonchev–Trinajstić information content (AvgIpc) is 2.32. The lowest BCUT2D eigenvalue weighted by Crippen LogP contribution is -2.05. The number of nitrogens with zero attached hydrogens (tertiary/aromatic N) is 1. The van der Waals surface area contributed by atoms with Crippen LogP contribution in [0.3, 0.4) is 0 Å². The van der Waals surface area contributed by atoms with Crippen molar-refractivity contribution in [2.45, 2.75) is 33.1 Å². The molecule has 0 bridgehead atoms. The molecule has 1 N–H and O–H groups in total. The molecule has 0 heterocycles. The number of anilines is 1. The number of halogens is 2. The zero-order valence-corrected chi connectivity index (χ0v) is 12.7. The fourth-order valence-corrected chi connectivity index (χ4v) is 2.07. The number of hydrogen-bond acceptors (Lipinski definition) is 3. The first kappa shape index (κ1) is 15.9.